The van der Waals surface area contributed by atoms with Crippen LogP contribution < -0.4 is 9.47 Å². The SMILES string of the molecule is COC(=O)c1cc(OCc2ccc(C)cc2)c2cc(OC)ccc2n1. The minimum atomic E-state index is -0.502. The highest BCUT2D eigenvalue weighted by Crippen LogP contribution is 2.30. The second-order valence-corrected chi connectivity index (χ2v) is 5.65. The van der Waals surface area contributed by atoms with Gasteiger partial charge in [-0.3, -0.25) is 0 Å². The summed E-state index contributed by atoms with van der Waals surface area (Å²) in [5, 5.41) is 0.777. The van der Waals surface area contributed by atoms with E-state index in [4.69, 9.17) is 14.2 Å². The summed E-state index contributed by atoms with van der Waals surface area (Å²) >= 11 is 0. The van der Waals surface area contributed by atoms with Crippen molar-refractivity contribution in [1.29, 1.82) is 0 Å². The van der Waals surface area contributed by atoms with Crippen LogP contribution in [0.15, 0.2) is 48.5 Å². The highest BCUT2D eigenvalue weighted by Gasteiger charge is 2.14. The largest absolute Gasteiger partial charge is 0.497 e. The number of rotatable bonds is 5. The molecule has 25 heavy (non-hydrogen) atoms. The van der Waals surface area contributed by atoms with E-state index in [0.717, 1.165) is 10.9 Å². The van der Waals surface area contributed by atoms with E-state index < -0.39 is 5.97 Å². The van der Waals surface area contributed by atoms with Crippen LogP contribution in [0.2, 0.25) is 0 Å². The molecule has 0 atom stereocenters. The van der Waals surface area contributed by atoms with Gasteiger partial charge in [-0.15, -0.1) is 0 Å². The van der Waals surface area contributed by atoms with Gasteiger partial charge < -0.3 is 14.2 Å². The van der Waals surface area contributed by atoms with Gasteiger partial charge in [0.25, 0.3) is 0 Å². The Balaban J connectivity index is 2.00. The standard InChI is InChI=1S/C20H19NO4/c1-13-4-6-14(7-5-13)12-25-19-11-18(20(22)24-3)21-17-9-8-15(23-2)10-16(17)19/h4-11H,12H2,1-3H3. The molecule has 0 spiro atoms. The quantitative estimate of drug-likeness (QED) is 0.661. The van der Waals surface area contributed by atoms with E-state index in [0.29, 0.717) is 23.6 Å². The number of nitrogens with zero attached hydrogens (tertiary/aromatic N) is 1. The van der Waals surface area contributed by atoms with Gasteiger partial charge in [-0.2, -0.15) is 0 Å². The minimum Gasteiger partial charge on any atom is -0.497 e. The molecule has 0 N–H and O–H groups in total. The molecule has 2 aromatic carbocycles. The zero-order valence-electron chi connectivity index (χ0n) is 14.4. The molecule has 0 fully saturated rings. The number of benzene rings is 2. The Labute approximate surface area is 146 Å². The topological polar surface area (TPSA) is 57.7 Å². The van der Waals surface area contributed by atoms with Crippen LogP contribution in [0.5, 0.6) is 11.5 Å². The van der Waals surface area contributed by atoms with Gasteiger partial charge in [0.15, 0.2) is 5.69 Å². The highest BCUT2D eigenvalue weighted by molar-refractivity contribution is 5.94. The smallest absolute Gasteiger partial charge is 0.356 e. The highest BCUT2D eigenvalue weighted by atomic mass is 16.5. The van der Waals surface area contributed by atoms with E-state index in [9.17, 15) is 4.79 Å². The van der Waals surface area contributed by atoms with Crippen molar-refractivity contribution in [3.8, 4) is 11.5 Å². The molecule has 1 heterocycles. The first kappa shape index (κ1) is 16.8. The van der Waals surface area contributed by atoms with Crippen molar-refractivity contribution in [3.63, 3.8) is 0 Å². The normalized spacial score (nSPS) is 10.5. The number of aromatic nitrogens is 1. The van der Waals surface area contributed by atoms with E-state index in [1.54, 1.807) is 25.3 Å². The summed E-state index contributed by atoms with van der Waals surface area (Å²) in [5.41, 5.74) is 3.08. The Morgan fingerprint density at radius 1 is 1.04 bits per heavy atom. The number of fused-ring (bicyclic) bond motifs is 1. The zero-order valence-corrected chi connectivity index (χ0v) is 14.4. The lowest BCUT2D eigenvalue weighted by Crippen LogP contribution is -2.06. The molecule has 3 aromatic rings. The molecule has 0 aliphatic rings. The van der Waals surface area contributed by atoms with Gasteiger partial charge >= 0.3 is 5.97 Å². The average Bonchev–Trinajstić information content (AvgIpc) is 2.66. The van der Waals surface area contributed by atoms with Crippen LogP contribution in [-0.2, 0) is 11.3 Å². The van der Waals surface area contributed by atoms with Gasteiger partial charge in [-0.05, 0) is 30.7 Å². The van der Waals surface area contributed by atoms with Crippen molar-refractivity contribution in [3.05, 3.63) is 65.4 Å². The van der Waals surface area contributed by atoms with Crippen molar-refractivity contribution >= 4 is 16.9 Å². The van der Waals surface area contributed by atoms with E-state index in [1.165, 1.54) is 12.7 Å². The van der Waals surface area contributed by atoms with Gasteiger partial charge in [0.1, 0.15) is 18.1 Å². The number of pyridine rings is 1. The second kappa shape index (κ2) is 7.21. The predicted molar refractivity (Wildman–Crippen MR) is 95.1 cm³/mol. The summed E-state index contributed by atoms with van der Waals surface area (Å²) in [6.07, 6.45) is 0. The Morgan fingerprint density at radius 2 is 1.80 bits per heavy atom. The number of methoxy groups -OCH3 is 2. The molecule has 0 aliphatic heterocycles. The molecule has 0 aliphatic carbocycles. The van der Waals surface area contributed by atoms with Gasteiger partial charge in [0.2, 0.25) is 0 Å². The molecular formula is C20H19NO4. The fourth-order valence-electron chi connectivity index (χ4n) is 2.47. The number of hydrogen-bond acceptors (Lipinski definition) is 5. The molecule has 1 aromatic heterocycles. The van der Waals surface area contributed by atoms with Gasteiger partial charge in [-0.25, -0.2) is 9.78 Å². The van der Waals surface area contributed by atoms with Crippen LogP contribution in [0.25, 0.3) is 10.9 Å². The molecule has 5 nitrogen and oxygen atoms in total. The zero-order chi connectivity index (χ0) is 17.8. The molecule has 0 saturated carbocycles. The number of aryl methyl sites for hydroxylation is 1. The summed E-state index contributed by atoms with van der Waals surface area (Å²) in [5.74, 6) is 0.753. The number of ether oxygens (including phenoxy) is 3. The van der Waals surface area contributed by atoms with E-state index in [2.05, 4.69) is 4.98 Å². The van der Waals surface area contributed by atoms with E-state index in [1.807, 2.05) is 37.3 Å². The lowest BCUT2D eigenvalue weighted by atomic mass is 10.1. The molecule has 3 rings (SSSR count). The van der Waals surface area contributed by atoms with E-state index >= 15 is 0 Å². The third-order valence-electron chi connectivity index (χ3n) is 3.89. The van der Waals surface area contributed by atoms with Crippen molar-refractivity contribution in [1.82, 2.24) is 4.98 Å². The maximum absolute atomic E-state index is 11.9. The summed E-state index contributed by atoms with van der Waals surface area (Å²) < 4.78 is 16.0. The van der Waals surface area contributed by atoms with Crippen LogP contribution in [0.3, 0.4) is 0 Å². The molecule has 0 unspecified atom stereocenters. The molecule has 0 amide bonds. The first-order valence-corrected chi connectivity index (χ1v) is 7.86. The number of esters is 1. The van der Waals surface area contributed by atoms with Gasteiger partial charge in [0.05, 0.1) is 19.7 Å². The second-order valence-electron chi connectivity index (χ2n) is 5.65. The average molecular weight is 337 g/mol. The van der Waals surface area contributed by atoms with Crippen molar-refractivity contribution < 1.29 is 19.0 Å². The Bertz CT molecular complexity index is 903. The molecule has 0 bridgehead atoms. The summed E-state index contributed by atoms with van der Waals surface area (Å²) in [7, 11) is 2.93. The third-order valence-corrected chi connectivity index (χ3v) is 3.89. The van der Waals surface area contributed by atoms with Crippen molar-refractivity contribution in [2.45, 2.75) is 13.5 Å². The van der Waals surface area contributed by atoms with Crippen LogP contribution in [0, 0.1) is 6.92 Å². The van der Waals surface area contributed by atoms with Gasteiger partial charge in [-0.1, -0.05) is 29.8 Å². The lowest BCUT2D eigenvalue weighted by molar-refractivity contribution is 0.0594. The van der Waals surface area contributed by atoms with Gasteiger partial charge in [0, 0.05) is 11.5 Å². The Hall–Kier alpha value is -3.08. The monoisotopic (exact) mass is 337 g/mol. The van der Waals surface area contributed by atoms with E-state index in [-0.39, 0.29) is 5.69 Å². The molecule has 5 heteroatoms. The molecule has 128 valence electrons. The summed E-state index contributed by atoms with van der Waals surface area (Å²) in [4.78, 5) is 16.2. The van der Waals surface area contributed by atoms with Crippen LogP contribution in [-0.4, -0.2) is 25.2 Å². The molecule has 0 radical (unpaired) electrons. The van der Waals surface area contributed by atoms with Crippen molar-refractivity contribution in [2.75, 3.05) is 14.2 Å². The summed E-state index contributed by atoms with van der Waals surface area (Å²) in [6, 6.07) is 15.1. The van der Waals surface area contributed by atoms with Crippen LogP contribution in [0.4, 0.5) is 0 Å². The fraction of sp³-hybridized carbons (Fsp3) is 0.200. The maximum atomic E-state index is 11.9. The lowest BCUT2D eigenvalue weighted by Gasteiger charge is -2.12. The Morgan fingerprint density at radius 3 is 2.48 bits per heavy atom. The third kappa shape index (κ3) is 3.71. The Kier molecular flexibility index (Phi) is 4.84. The molecule has 0 saturated heterocycles. The fourth-order valence-corrected chi connectivity index (χ4v) is 2.47. The summed E-state index contributed by atoms with van der Waals surface area (Å²) in [6.45, 7) is 2.42. The number of carbonyl (C=O) groups is 1. The molecular weight excluding hydrogens is 318 g/mol. The number of hydrogen-bond donors (Lipinski definition) is 0. The first-order chi connectivity index (χ1) is 12.1. The minimum absolute atomic E-state index is 0.207. The maximum Gasteiger partial charge on any atom is 0.356 e. The van der Waals surface area contributed by atoms with Crippen LogP contribution >= 0.6 is 0 Å². The van der Waals surface area contributed by atoms with Crippen molar-refractivity contribution in [2.24, 2.45) is 0 Å². The number of carbonyl (C=O) groups excluding carboxylic acids is 1. The predicted octanol–water partition coefficient (Wildman–Crippen LogP) is 3.92. The first-order valence-electron chi connectivity index (χ1n) is 7.86. The van der Waals surface area contributed by atoms with Crippen LogP contribution in [0.1, 0.15) is 21.6 Å².